The number of hydrogen-bond acceptors (Lipinski definition) is 2. The Kier molecular flexibility index (Phi) is 6.49. The molecule has 35 heavy (non-hydrogen) atoms. The van der Waals surface area contributed by atoms with Crippen molar-refractivity contribution in [3.05, 3.63) is 124 Å². The molecule has 0 aliphatic carbocycles. The van der Waals surface area contributed by atoms with Gasteiger partial charge in [0.25, 0.3) is 0 Å². The SMILES string of the molecule is O=Cc1ccc(Cn2nc(-c3cc(Cl)cc(Cl)c3)cc2-c2ccc(-c3ccc(F)cc3)cc2)cc1. The van der Waals surface area contributed by atoms with Crippen LogP contribution >= 0.6 is 23.2 Å². The van der Waals surface area contributed by atoms with Crippen molar-refractivity contribution in [2.45, 2.75) is 6.54 Å². The molecule has 0 spiro atoms. The van der Waals surface area contributed by atoms with Crippen molar-refractivity contribution in [2.24, 2.45) is 0 Å². The van der Waals surface area contributed by atoms with Crippen LogP contribution in [0.5, 0.6) is 0 Å². The third-order valence-corrected chi connectivity index (χ3v) is 6.18. The van der Waals surface area contributed by atoms with Gasteiger partial charge >= 0.3 is 0 Å². The van der Waals surface area contributed by atoms with E-state index in [1.54, 1.807) is 30.3 Å². The van der Waals surface area contributed by atoms with E-state index in [4.69, 9.17) is 28.3 Å². The van der Waals surface area contributed by atoms with Gasteiger partial charge in [0, 0.05) is 21.2 Å². The van der Waals surface area contributed by atoms with Crippen LogP contribution in [0.4, 0.5) is 4.39 Å². The molecular weight excluding hydrogens is 482 g/mol. The van der Waals surface area contributed by atoms with Gasteiger partial charge in [-0.3, -0.25) is 9.48 Å². The standard InChI is InChI=1S/C29H19Cl2FN2O/c30-25-13-24(14-26(31)15-25)28-16-29(34(33-28)17-19-1-3-20(18-35)4-2-19)23-7-5-21(6-8-23)22-9-11-27(32)12-10-22/h1-16,18H,17H2. The van der Waals surface area contributed by atoms with Gasteiger partial charge in [-0.1, -0.05) is 83.9 Å². The summed E-state index contributed by atoms with van der Waals surface area (Å²) in [5.41, 5.74) is 7.03. The van der Waals surface area contributed by atoms with Crippen LogP contribution in [-0.2, 0) is 6.54 Å². The van der Waals surface area contributed by atoms with Gasteiger partial charge in [0.15, 0.2) is 0 Å². The Hall–Kier alpha value is -3.73. The molecule has 0 unspecified atom stereocenters. The topological polar surface area (TPSA) is 34.9 Å². The average Bonchev–Trinajstić information content (AvgIpc) is 3.28. The zero-order chi connectivity index (χ0) is 24.4. The molecule has 1 heterocycles. The van der Waals surface area contributed by atoms with Crippen molar-refractivity contribution in [3.8, 4) is 33.6 Å². The second kappa shape index (κ2) is 9.87. The summed E-state index contributed by atoms with van der Waals surface area (Å²) in [6.07, 6.45) is 0.826. The second-order valence-corrected chi connectivity index (χ2v) is 9.05. The van der Waals surface area contributed by atoms with Crippen LogP contribution in [0.15, 0.2) is 97.1 Å². The third kappa shape index (κ3) is 5.19. The smallest absolute Gasteiger partial charge is 0.150 e. The molecule has 1 aromatic heterocycles. The highest BCUT2D eigenvalue weighted by Crippen LogP contribution is 2.32. The lowest BCUT2D eigenvalue weighted by Crippen LogP contribution is -2.04. The summed E-state index contributed by atoms with van der Waals surface area (Å²) < 4.78 is 15.2. The van der Waals surface area contributed by atoms with Crippen LogP contribution in [-0.4, -0.2) is 16.1 Å². The molecular formula is C29H19Cl2FN2O. The predicted octanol–water partition coefficient (Wildman–Crippen LogP) is 8.19. The van der Waals surface area contributed by atoms with Gasteiger partial charge in [-0.15, -0.1) is 0 Å². The molecule has 0 fully saturated rings. The van der Waals surface area contributed by atoms with E-state index in [1.165, 1.54) is 12.1 Å². The Morgan fingerprint density at radius 2 is 1.29 bits per heavy atom. The van der Waals surface area contributed by atoms with Gasteiger partial charge in [0.2, 0.25) is 0 Å². The number of benzene rings is 4. The highest BCUT2D eigenvalue weighted by molar-refractivity contribution is 6.35. The molecule has 0 radical (unpaired) electrons. The number of halogens is 3. The summed E-state index contributed by atoms with van der Waals surface area (Å²) in [6, 6.07) is 29.3. The normalized spacial score (nSPS) is 10.9. The molecule has 0 saturated heterocycles. The Labute approximate surface area is 212 Å². The Bertz CT molecular complexity index is 1470. The maximum Gasteiger partial charge on any atom is 0.150 e. The molecule has 0 saturated carbocycles. The first kappa shape index (κ1) is 23.0. The molecule has 5 aromatic rings. The number of nitrogens with zero attached hydrogens (tertiary/aromatic N) is 2. The maximum absolute atomic E-state index is 13.3. The van der Waals surface area contributed by atoms with Crippen LogP contribution in [0.2, 0.25) is 10.0 Å². The Balaban J connectivity index is 1.55. The average molecular weight is 501 g/mol. The first-order chi connectivity index (χ1) is 17.0. The molecule has 0 aliphatic heterocycles. The van der Waals surface area contributed by atoms with E-state index < -0.39 is 0 Å². The quantitative estimate of drug-likeness (QED) is 0.220. The van der Waals surface area contributed by atoms with E-state index in [9.17, 15) is 9.18 Å². The van der Waals surface area contributed by atoms with E-state index in [1.807, 2.05) is 59.3 Å². The lowest BCUT2D eigenvalue weighted by Gasteiger charge is -2.09. The fraction of sp³-hybridized carbons (Fsp3) is 0.0345. The fourth-order valence-electron chi connectivity index (χ4n) is 3.96. The summed E-state index contributed by atoms with van der Waals surface area (Å²) in [6.45, 7) is 0.516. The van der Waals surface area contributed by atoms with Crippen LogP contribution < -0.4 is 0 Å². The molecule has 0 amide bonds. The van der Waals surface area contributed by atoms with Gasteiger partial charge in [0.1, 0.15) is 12.1 Å². The molecule has 4 aromatic carbocycles. The molecule has 5 rings (SSSR count). The summed E-state index contributed by atoms with van der Waals surface area (Å²) in [5.74, 6) is -0.260. The minimum Gasteiger partial charge on any atom is -0.298 e. The number of aldehydes is 1. The largest absolute Gasteiger partial charge is 0.298 e. The highest BCUT2D eigenvalue weighted by atomic mass is 35.5. The van der Waals surface area contributed by atoms with Crippen LogP contribution in [0.1, 0.15) is 15.9 Å². The van der Waals surface area contributed by atoms with Crippen molar-refractivity contribution in [2.75, 3.05) is 0 Å². The fourth-order valence-corrected chi connectivity index (χ4v) is 4.49. The van der Waals surface area contributed by atoms with Gasteiger partial charge in [0.05, 0.1) is 17.9 Å². The molecule has 0 bridgehead atoms. The van der Waals surface area contributed by atoms with E-state index in [0.717, 1.165) is 45.5 Å². The minimum atomic E-state index is -0.260. The lowest BCUT2D eigenvalue weighted by molar-refractivity contribution is 0.112. The van der Waals surface area contributed by atoms with Crippen molar-refractivity contribution in [1.29, 1.82) is 0 Å². The number of carbonyl (C=O) groups is 1. The van der Waals surface area contributed by atoms with Crippen molar-refractivity contribution >= 4 is 29.5 Å². The summed E-state index contributed by atoms with van der Waals surface area (Å²) in [7, 11) is 0. The van der Waals surface area contributed by atoms with E-state index >= 15 is 0 Å². The zero-order valence-electron chi connectivity index (χ0n) is 18.5. The molecule has 3 nitrogen and oxygen atoms in total. The molecule has 172 valence electrons. The predicted molar refractivity (Wildman–Crippen MR) is 139 cm³/mol. The number of aromatic nitrogens is 2. The molecule has 6 heteroatoms. The Morgan fingerprint density at radius 3 is 1.89 bits per heavy atom. The van der Waals surface area contributed by atoms with Crippen LogP contribution in [0.25, 0.3) is 33.6 Å². The third-order valence-electron chi connectivity index (χ3n) is 5.74. The lowest BCUT2D eigenvalue weighted by atomic mass is 10.0. The summed E-state index contributed by atoms with van der Waals surface area (Å²) in [5, 5.41) is 5.93. The highest BCUT2D eigenvalue weighted by Gasteiger charge is 2.14. The Morgan fingerprint density at radius 1 is 0.714 bits per heavy atom. The number of hydrogen-bond donors (Lipinski definition) is 0. The van der Waals surface area contributed by atoms with Crippen molar-refractivity contribution < 1.29 is 9.18 Å². The maximum atomic E-state index is 13.3. The first-order valence-electron chi connectivity index (χ1n) is 10.9. The van der Waals surface area contributed by atoms with Crippen molar-refractivity contribution in [1.82, 2.24) is 9.78 Å². The second-order valence-electron chi connectivity index (χ2n) is 8.17. The summed E-state index contributed by atoms with van der Waals surface area (Å²) >= 11 is 12.5. The first-order valence-corrected chi connectivity index (χ1v) is 11.7. The van der Waals surface area contributed by atoms with Gasteiger partial charge < -0.3 is 0 Å². The summed E-state index contributed by atoms with van der Waals surface area (Å²) in [4.78, 5) is 11.0. The van der Waals surface area contributed by atoms with Gasteiger partial charge in [-0.05, 0) is 58.7 Å². The van der Waals surface area contributed by atoms with E-state index in [0.29, 0.717) is 22.2 Å². The van der Waals surface area contributed by atoms with Gasteiger partial charge in [-0.2, -0.15) is 5.10 Å². The minimum absolute atomic E-state index is 0.260. The molecule has 0 atom stereocenters. The zero-order valence-corrected chi connectivity index (χ0v) is 20.0. The van der Waals surface area contributed by atoms with E-state index in [2.05, 4.69) is 0 Å². The van der Waals surface area contributed by atoms with Crippen LogP contribution in [0, 0.1) is 5.82 Å². The molecule has 0 N–H and O–H groups in total. The number of rotatable bonds is 6. The number of carbonyl (C=O) groups excluding carboxylic acids is 1. The van der Waals surface area contributed by atoms with E-state index in [-0.39, 0.29) is 5.82 Å². The van der Waals surface area contributed by atoms with Gasteiger partial charge in [-0.25, -0.2) is 4.39 Å². The monoisotopic (exact) mass is 500 g/mol. The molecule has 0 aliphatic rings. The van der Waals surface area contributed by atoms with Crippen LogP contribution in [0.3, 0.4) is 0 Å². The van der Waals surface area contributed by atoms with Crippen molar-refractivity contribution in [3.63, 3.8) is 0 Å².